The summed E-state index contributed by atoms with van der Waals surface area (Å²) in [7, 11) is 0. The Morgan fingerprint density at radius 2 is 2.20 bits per heavy atom. The van der Waals surface area contributed by atoms with E-state index in [1.54, 1.807) is 0 Å². The first-order valence-corrected chi connectivity index (χ1v) is 5.48. The smallest absolute Gasteiger partial charge is 0.309 e. The van der Waals surface area contributed by atoms with Gasteiger partial charge in [-0.05, 0) is 31.4 Å². The van der Waals surface area contributed by atoms with E-state index < -0.39 is 0 Å². The molecule has 1 fully saturated rings. The molecule has 2 atom stereocenters. The fraction of sp³-hybridized carbons (Fsp3) is 0.417. The first-order valence-electron chi connectivity index (χ1n) is 5.10. The highest BCUT2D eigenvalue weighted by Crippen LogP contribution is 2.27. The number of hydrogen-bond donors (Lipinski definition) is 0. The maximum Gasteiger partial charge on any atom is 0.309 e. The van der Waals surface area contributed by atoms with Crippen LogP contribution in [0.15, 0.2) is 24.3 Å². The third kappa shape index (κ3) is 2.32. The van der Waals surface area contributed by atoms with Crippen LogP contribution in [-0.4, -0.2) is 12.1 Å². The lowest BCUT2D eigenvalue weighted by atomic mass is 9.96. The normalized spacial score (nSPS) is 25.3. The van der Waals surface area contributed by atoms with Crippen LogP contribution in [0.4, 0.5) is 0 Å². The average Bonchev–Trinajstić information content (AvgIpc) is 2.49. The van der Waals surface area contributed by atoms with Gasteiger partial charge in [-0.15, -0.1) is 0 Å². The minimum Gasteiger partial charge on any atom is -0.462 e. The van der Waals surface area contributed by atoms with Gasteiger partial charge in [-0.3, -0.25) is 4.79 Å². The number of cyclic esters (lactones) is 1. The van der Waals surface area contributed by atoms with Gasteiger partial charge in [-0.2, -0.15) is 0 Å². The standard InChI is InChI=1S/C12H13ClO2/c1-8-6-10(12(14)15-8)7-9-4-2-3-5-11(9)13/h2-5,8,10H,6-7H2,1H3. The van der Waals surface area contributed by atoms with Gasteiger partial charge in [0.25, 0.3) is 0 Å². The largest absolute Gasteiger partial charge is 0.462 e. The van der Waals surface area contributed by atoms with Gasteiger partial charge in [0.2, 0.25) is 0 Å². The summed E-state index contributed by atoms with van der Waals surface area (Å²) in [5.41, 5.74) is 1.02. The molecule has 0 radical (unpaired) electrons. The van der Waals surface area contributed by atoms with Crippen LogP contribution in [0.5, 0.6) is 0 Å². The van der Waals surface area contributed by atoms with Crippen molar-refractivity contribution in [1.29, 1.82) is 0 Å². The first-order chi connectivity index (χ1) is 7.16. The molecule has 2 rings (SSSR count). The Labute approximate surface area is 94.2 Å². The van der Waals surface area contributed by atoms with Crippen molar-refractivity contribution in [3.8, 4) is 0 Å². The molecule has 1 aliphatic heterocycles. The molecular weight excluding hydrogens is 212 g/mol. The van der Waals surface area contributed by atoms with Gasteiger partial charge in [0, 0.05) is 5.02 Å². The molecular formula is C12H13ClO2. The van der Waals surface area contributed by atoms with E-state index in [-0.39, 0.29) is 18.0 Å². The summed E-state index contributed by atoms with van der Waals surface area (Å²) in [5, 5.41) is 0.727. The Hall–Kier alpha value is -1.02. The van der Waals surface area contributed by atoms with E-state index in [0.717, 1.165) is 17.0 Å². The van der Waals surface area contributed by atoms with Gasteiger partial charge in [-0.1, -0.05) is 29.8 Å². The molecule has 0 aromatic heterocycles. The molecule has 2 unspecified atom stereocenters. The Morgan fingerprint density at radius 3 is 2.80 bits per heavy atom. The van der Waals surface area contributed by atoms with E-state index in [4.69, 9.17) is 16.3 Å². The first kappa shape index (κ1) is 10.5. The van der Waals surface area contributed by atoms with Crippen molar-refractivity contribution in [3.63, 3.8) is 0 Å². The summed E-state index contributed by atoms with van der Waals surface area (Å²) in [6.45, 7) is 1.92. The molecule has 0 aliphatic carbocycles. The Kier molecular flexibility index (Phi) is 2.96. The number of rotatable bonds is 2. The highest BCUT2D eigenvalue weighted by Gasteiger charge is 2.31. The number of benzene rings is 1. The maximum absolute atomic E-state index is 11.4. The Balaban J connectivity index is 2.09. The van der Waals surface area contributed by atoms with Crippen LogP contribution >= 0.6 is 11.6 Å². The molecule has 3 heteroatoms. The van der Waals surface area contributed by atoms with Crippen molar-refractivity contribution in [3.05, 3.63) is 34.9 Å². The number of halogens is 1. The molecule has 0 spiro atoms. The second-order valence-electron chi connectivity index (χ2n) is 3.98. The summed E-state index contributed by atoms with van der Waals surface area (Å²) < 4.78 is 5.10. The van der Waals surface area contributed by atoms with Gasteiger partial charge in [0.1, 0.15) is 0 Å². The van der Waals surface area contributed by atoms with Crippen molar-refractivity contribution in [2.24, 2.45) is 5.92 Å². The van der Waals surface area contributed by atoms with Gasteiger partial charge < -0.3 is 4.74 Å². The lowest BCUT2D eigenvalue weighted by Crippen LogP contribution is -2.10. The fourth-order valence-electron chi connectivity index (χ4n) is 1.94. The van der Waals surface area contributed by atoms with E-state index in [1.165, 1.54) is 0 Å². The summed E-state index contributed by atoms with van der Waals surface area (Å²) >= 11 is 6.03. The predicted octanol–water partition coefficient (Wildman–Crippen LogP) is 2.83. The highest BCUT2D eigenvalue weighted by molar-refractivity contribution is 6.31. The van der Waals surface area contributed by atoms with Crippen LogP contribution < -0.4 is 0 Å². The molecule has 1 saturated heterocycles. The molecule has 15 heavy (non-hydrogen) atoms. The molecule has 0 N–H and O–H groups in total. The predicted molar refractivity (Wildman–Crippen MR) is 58.8 cm³/mol. The molecule has 1 aliphatic rings. The molecule has 1 aromatic carbocycles. The van der Waals surface area contributed by atoms with Crippen LogP contribution in [0.25, 0.3) is 0 Å². The molecule has 0 amide bonds. The van der Waals surface area contributed by atoms with Crippen LogP contribution in [0.3, 0.4) is 0 Å². The summed E-state index contributed by atoms with van der Waals surface area (Å²) in [6, 6.07) is 7.63. The number of ether oxygens (including phenoxy) is 1. The lowest BCUT2D eigenvalue weighted by Gasteiger charge is -2.06. The molecule has 0 saturated carbocycles. The van der Waals surface area contributed by atoms with Gasteiger partial charge >= 0.3 is 5.97 Å². The van der Waals surface area contributed by atoms with E-state index in [0.29, 0.717) is 6.42 Å². The van der Waals surface area contributed by atoms with E-state index in [1.807, 2.05) is 31.2 Å². The second kappa shape index (κ2) is 4.23. The topological polar surface area (TPSA) is 26.3 Å². The van der Waals surface area contributed by atoms with Crippen molar-refractivity contribution in [2.45, 2.75) is 25.9 Å². The minimum atomic E-state index is -0.0950. The molecule has 80 valence electrons. The maximum atomic E-state index is 11.4. The Bertz CT molecular complexity index is 376. The molecule has 0 bridgehead atoms. The highest BCUT2D eigenvalue weighted by atomic mass is 35.5. The quantitative estimate of drug-likeness (QED) is 0.723. The summed E-state index contributed by atoms with van der Waals surface area (Å²) in [5.74, 6) is -0.123. The van der Waals surface area contributed by atoms with Gasteiger partial charge in [0.05, 0.1) is 12.0 Å². The third-order valence-corrected chi connectivity index (χ3v) is 3.06. The van der Waals surface area contributed by atoms with Crippen LogP contribution in [0, 0.1) is 5.92 Å². The zero-order valence-corrected chi connectivity index (χ0v) is 9.33. The average molecular weight is 225 g/mol. The lowest BCUT2D eigenvalue weighted by molar-refractivity contribution is -0.143. The van der Waals surface area contributed by atoms with Gasteiger partial charge in [-0.25, -0.2) is 0 Å². The van der Waals surface area contributed by atoms with E-state index in [9.17, 15) is 4.79 Å². The van der Waals surface area contributed by atoms with E-state index in [2.05, 4.69) is 0 Å². The van der Waals surface area contributed by atoms with Gasteiger partial charge in [0.15, 0.2) is 0 Å². The number of carbonyl (C=O) groups excluding carboxylic acids is 1. The van der Waals surface area contributed by atoms with E-state index >= 15 is 0 Å². The zero-order valence-electron chi connectivity index (χ0n) is 8.57. The van der Waals surface area contributed by atoms with Crippen molar-refractivity contribution in [2.75, 3.05) is 0 Å². The van der Waals surface area contributed by atoms with Crippen LogP contribution in [0.2, 0.25) is 5.02 Å². The SMILES string of the molecule is CC1CC(Cc2ccccc2Cl)C(=O)O1. The second-order valence-corrected chi connectivity index (χ2v) is 4.38. The zero-order chi connectivity index (χ0) is 10.8. The summed E-state index contributed by atoms with van der Waals surface area (Å²) in [6.07, 6.45) is 1.53. The van der Waals surface area contributed by atoms with Crippen molar-refractivity contribution < 1.29 is 9.53 Å². The number of carbonyl (C=O) groups is 1. The Morgan fingerprint density at radius 1 is 1.47 bits per heavy atom. The minimum absolute atomic E-state index is 0.0279. The number of hydrogen-bond acceptors (Lipinski definition) is 2. The number of esters is 1. The van der Waals surface area contributed by atoms with Crippen molar-refractivity contribution >= 4 is 17.6 Å². The van der Waals surface area contributed by atoms with Crippen LogP contribution in [0.1, 0.15) is 18.9 Å². The van der Waals surface area contributed by atoms with Crippen molar-refractivity contribution in [1.82, 2.24) is 0 Å². The molecule has 1 heterocycles. The third-order valence-electron chi connectivity index (χ3n) is 2.69. The fourth-order valence-corrected chi connectivity index (χ4v) is 2.15. The summed E-state index contributed by atoms with van der Waals surface area (Å²) in [4.78, 5) is 11.4. The van der Waals surface area contributed by atoms with Crippen LogP contribution in [-0.2, 0) is 16.0 Å². The molecule has 2 nitrogen and oxygen atoms in total. The molecule has 1 aromatic rings. The monoisotopic (exact) mass is 224 g/mol.